The topological polar surface area (TPSA) is 20.3 Å². The van der Waals surface area contributed by atoms with Crippen molar-refractivity contribution in [3.05, 3.63) is 35.4 Å². The number of halogens is 1. The summed E-state index contributed by atoms with van der Waals surface area (Å²) in [5.74, 6) is 0.804. The molecule has 1 saturated heterocycles. The maximum Gasteiger partial charge on any atom is 0.253 e. The number of carbonyl (C=O) groups is 1. The molecule has 0 saturated carbocycles. The van der Waals surface area contributed by atoms with Crippen LogP contribution in [-0.2, 0) is 0 Å². The second-order valence-corrected chi connectivity index (χ2v) is 6.08. The maximum atomic E-state index is 12.3. The summed E-state index contributed by atoms with van der Waals surface area (Å²) in [6.45, 7) is 5.95. The van der Waals surface area contributed by atoms with Gasteiger partial charge in [-0.25, -0.2) is 0 Å². The molecule has 1 aromatic rings. The minimum atomic E-state index is 0.154. The van der Waals surface area contributed by atoms with E-state index in [1.165, 1.54) is 5.56 Å². The highest BCUT2D eigenvalue weighted by molar-refractivity contribution is 9.09. The fourth-order valence-corrected chi connectivity index (χ4v) is 2.70. The zero-order valence-electron chi connectivity index (χ0n) is 10.3. The normalized spacial score (nSPS) is 24.8. The van der Waals surface area contributed by atoms with Crippen LogP contribution in [0.1, 0.15) is 29.3 Å². The van der Waals surface area contributed by atoms with Crippen molar-refractivity contribution in [2.45, 2.75) is 25.1 Å². The van der Waals surface area contributed by atoms with Crippen LogP contribution in [0.5, 0.6) is 0 Å². The predicted octanol–water partition coefficient (Wildman–Crippen LogP) is 3.24. The molecule has 1 fully saturated rings. The van der Waals surface area contributed by atoms with Crippen LogP contribution in [0.3, 0.4) is 0 Å². The van der Waals surface area contributed by atoms with Gasteiger partial charge in [0.2, 0.25) is 0 Å². The zero-order chi connectivity index (χ0) is 12.4. The third kappa shape index (κ3) is 2.89. The lowest BCUT2D eigenvalue weighted by molar-refractivity contribution is 0.0706. The van der Waals surface area contributed by atoms with Crippen molar-refractivity contribution >= 4 is 21.8 Å². The number of hydrogen-bond donors (Lipinski definition) is 0. The number of piperidine rings is 1. The molecule has 1 heterocycles. The van der Waals surface area contributed by atoms with E-state index in [-0.39, 0.29) is 5.91 Å². The van der Waals surface area contributed by atoms with Gasteiger partial charge in [-0.05, 0) is 31.4 Å². The zero-order valence-corrected chi connectivity index (χ0v) is 11.9. The molecule has 0 radical (unpaired) electrons. The first kappa shape index (κ1) is 12.6. The van der Waals surface area contributed by atoms with Gasteiger partial charge in [0, 0.05) is 23.5 Å². The Balaban J connectivity index is 2.08. The van der Waals surface area contributed by atoms with Crippen molar-refractivity contribution in [3.8, 4) is 0 Å². The van der Waals surface area contributed by atoms with Crippen LogP contribution in [0.25, 0.3) is 0 Å². The molecule has 0 spiro atoms. The largest absolute Gasteiger partial charge is 0.338 e. The van der Waals surface area contributed by atoms with E-state index in [1.807, 2.05) is 36.1 Å². The van der Waals surface area contributed by atoms with Gasteiger partial charge in [0.15, 0.2) is 0 Å². The van der Waals surface area contributed by atoms with Crippen molar-refractivity contribution in [1.29, 1.82) is 0 Å². The Hall–Kier alpha value is -0.830. The number of aryl methyl sites for hydroxylation is 1. The molecule has 0 bridgehead atoms. The first-order chi connectivity index (χ1) is 8.08. The van der Waals surface area contributed by atoms with E-state index < -0.39 is 0 Å². The highest BCUT2D eigenvalue weighted by Gasteiger charge is 2.27. The summed E-state index contributed by atoms with van der Waals surface area (Å²) >= 11 is 3.65. The van der Waals surface area contributed by atoms with Crippen molar-refractivity contribution in [2.75, 3.05) is 13.1 Å². The molecule has 0 aromatic heterocycles. The molecule has 2 nitrogen and oxygen atoms in total. The lowest BCUT2D eigenvalue weighted by Crippen LogP contribution is -2.43. The van der Waals surface area contributed by atoms with E-state index in [2.05, 4.69) is 22.9 Å². The van der Waals surface area contributed by atoms with Gasteiger partial charge in [-0.1, -0.05) is 40.5 Å². The molecule has 1 amide bonds. The average molecular weight is 296 g/mol. The number of rotatable bonds is 1. The van der Waals surface area contributed by atoms with Gasteiger partial charge in [-0.2, -0.15) is 0 Å². The lowest BCUT2D eigenvalue weighted by Gasteiger charge is -2.34. The van der Waals surface area contributed by atoms with Gasteiger partial charge < -0.3 is 4.90 Å². The van der Waals surface area contributed by atoms with Crippen LogP contribution in [0.4, 0.5) is 0 Å². The number of alkyl halides is 1. The third-order valence-corrected chi connectivity index (χ3v) is 4.64. The van der Waals surface area contributed by atoms with Gasteiger partial charge in [0.25, 0.3) is 5.91 Å². The SMILES string of the molecule is Cc1ccc(C(=O)N2CCC(C)C(Br)C2)cc1. The predicted molar refractivity (Wildman–Crippen MR) is 73.6 cm³/mol. The Kier molecular flexibility index (Phi) is 3.87. The highest BCUT2D eigenvalue weighted by Crippen LogP contribution is 2.24. The molecule has 1 aromatic carbocycles. The molecular weight excluding hydrogens is 278 g/mol. The number of nitrogens with zero attached hydrogens (tertiary/aromatic N) is 1. The monoisotopic (exact) mass is 295 g/mol. The molecular formula is C14H18BrNO. The molecule has 92 valence electrons. The van der Waals surface area contributed by atoms with Crippen LogP contribution in [0.15, 0.2) is 24.3 Å². The molecule has 2 atom stereocenters. The molecule has 0 aliphatic carbocycles. The molecule has 1 aliphatic rings. The fraction of sp³-hybridized carbons (Fsp3) is 0.500. The van der Waals surface area contributed by atoms with E-state index in [4.69, 9.17) is 0 Å². The molecule has 2 unspecified atom stereocenters. The van der Waals surface area contributed by atoms with E-state index in [0.29, 0.717) is 10.7 Å². The minimum Gasteiger partial charge on any atom is -0.338 e. The van der Waals surface area contributed by atoms with Gasteiger partial charge >= 0.3 is 0 Å². The summed E-state index contributed by atoms with van der Waals surface area (Å²) in [7, 11) is 0. The molecule has 2 rings (SSSR count). The Morgan fingerprint density at radius 1 is 1.35 bits per heavy atom. The number of carbonyl (C=O) groups excluding carboxylic acids is 1. The van der Waals surface area contributed by atoms with Crippen LogP contribution >= 0.6 is 15.9 Å². The quantitative estimate of drug-likeness (QED) is 0.729. The van der Waals surface area contributed by atoms with Crippen LogP contribution in [0, 0.1) is 12.8 Å². The lowest BCUT2D eigenvalue weighted by atomic mass is 9.98. The second-order valence-electron chi connectivity index (χ2n) is 4.90. The summed E-state index contributed by atoms with van der Waals surface area (Å²) < 4.78 is 0. The standard InChI is InChI=1S/C14H18BrNO/c1-10-3-5-12(6-4-10)14(17)16-8-7-11(2)13(15)9-16/h3-6,11,13H,7-9H2,1-2H3. The summed E-state index contributed by atoms with van der Waals surface area (Å²) in [6, 6.07) is 7.81. The summed E-state index contributed by atoms with van der Waals surface area (Å²) in [6.07, 6.45) is 1.08. The Bertz CT molecular complexity index is 401. The van der Waals surface area contributed by atoms with Crippen LogP contribution in [-0.4, -0.2) is 28.7 Å². The fourth-order valence-electron chi connectivity index (χ4n) is 2.09. The number of likely N-dealkylation sites (tertiary alicyclic amines) is 1. The highest BCUT2D eigenvalue weighted by atomic mass is 79.9. The molecule has 1 aliphatic heterocycles. The number of hydrogen-bond acceptors (Lipinski definition) is 1. The van der Waals surface area contributed by atoms with E-state index in [0.717, 1.165) is 25.1 Å². The van der Waals surface area contributed by atoms with Crippen LogP contribution in [0.2, 0.25) is 0 Å². The average Bonchev–Trinajstić information content (AvgIpc) is 2.33. The maximum absolute atomic E-state index is 12.3. The van der Waals surface area contributed by atoms with Gasteiger partial charge in [-0.3, -0.25) is 4.79 Å². The smallest absolute Gasteiger partial charge is 0.253 e. The Labute approximate surface area is 111 Å². The Morgan fingerprint density at radius 3 is 2.59 bits per heavy atom. The van der Waals surface area contributed by atoms with E-state index >= 15 is 0 Å². The van der Waals surface area contributed by atoms with Crippen molar-refractivity contribution < 1.29 is 4.79 Å². The van der Waals surface area contributed by atoms with E-state index in [9.17, 15) is 4.79 Å². The van der Waals surface area contributed by atoms with Gasteiger partial charge in [0.1, 0.15) is 0 Å². The van der Waals surface area contributed by atoms with Crippen molar-refractivity contribution in [3.63, 3.8) is 0 Å². The number of amides is 1. The summed E-state index contributed by atoms with van der Waals surface area (Å²) in [5.41, 5.74) is 1.98. The molecule has 0 N–H and O–H groups in total. The number of benzene rings is 1. The third-order valence-electron chi connectivity index (χ3n) is 3.45. The van der Waals surface area contributed by atoms with Gasteiger partial charge in [0.05, 0.1) is 0 Å². The first-order valence-corrected chi connectivity index (χ1v) is 6.99. The minimum absolute atomic E-state index is 0.154. The van der Waals surface area contributed by atoms with Crippen molar-refractivity contribution in [2.24, 2.45) is 5.92 Å². The summed E-state index contributed by atoms with van der Waals surface area (Å²) in [5, 5.41) is 0. The van der Waals surface area contributed by atoms with Crippen LogP contribution < -0.4 is 0 Å². The first-order valence-electron chi connectivity index (χ1n) is 6.08. The summed E-state index contributed by atoms with van der Waals surface area (Å²) in [4.78, 5) is 14.6. The van der Waals surface area contributed by atoms with E-state index in [1.54, 1.807) is 0 Å². The molecule has 17 heavy (non-hydrogen) atoms. The molecule has 3 heteroatoms. The van der Waals surface area contributed by atoms with Gasteiger partial charge in [-0.15, -0.1) is 0 Å². The second kappa shape index (κ2) is 5.21. The van der Waals surface area contributed by atoms with Crippen molar-refractivity contribution in [1.82, 2.24) is 4.90 Å². The Morgan fingerprint density at radius 2 is 2.00 bits per heavy atom.